The van der Waals surface area contributed by atoms with E-state index in [1.54, 1.807) is 36.4 Å². The number of benzene rings is 4. The molecule has 0 spiro atoms. The maximum atomic E-state index is 12.9. The van der Waals surface area contributed by atoms with E-state index < -0.39 is 0 Å². The lowest BCUT2D eigenvalue weighted by Gasteiger charge is -2.10. The Balaban J connectivity index is 1.14. The lowest BCUT2D eigenvalue weighted by molar-refractivity contribution is -0.113. The molecule has 0 atom stereocenters. The normalized spacial score (nSPS) is 11.3. The second kappa shape index (κ2) is 12.1. The van der Waals surface area contributed by atoms with Gasteiger partial charge in [-0.1, -0.05) is 84.1 Å². The zero-order valence-corrected chi connectivity index (χ0v) is 23.6. The number of hydrogen-bond acceptors (Lipinski definition) is 5. The van der Waals surface area contributed by atoms with Gasteiger partial charge in [0.05, 0.1) is 5.75 Å². The fraction of sp³-hybridized carbons (Fsp3) is 0.0588. The van der Waals surface area contributed by atoms with Crippen molar-refractivity contribution >= 4 is 46.1 Å². The molecule has 0 aliphatic rings. The number of carbonyl (C=O) groups excluding carboxylic acids is 2. The quantitative estimate of drug-likeness (QED) is 0.108. The van der Waals surface area contributed by atoms with Gasteiger partial charge in [0.25, 0.3) is 0 Å². The summed E-state index contributed by atoms with van der Waals surface area (Å²) < 4.78 is 1.97. The van der Waals surface area contributed by atoms with Gasteiger partial charge in [0, 0.05) is 39.6 Å². The van der Waals surface area contributed by atoms with Crippen molar-refractivity contribution in [2.75, 3.05) is 11.1 Å². The second-order valence-corrected chi connectivity index (χ2v) is 10.7. The minimum absolute atomic E-state index is 0.102. The molecule has 7 nitrogen and oxygen atoms in total. The molecule has 0 bridgehead atoms. The van der Waals surface area contributed by atoms with E-state index in [1.807, 2.05) is 96.6 Å². The van der Waals surface area contributed by atoms with Crippen LogP contribution in [-0.4, -0.2) is 37.2 Å². The van der Waals surface area contributed by atoms with Crippen LogP contribution in [0.25, 0.3) is 34.1 Å². The number of aryl methyl sites for hydroxylation is 1. The largest absolute Gasteiger partial charge is 0.360 e. The molecule has 206 valence electrons. The molecule has 6 rings (SSSR count). The summed E-state index contributed by atoms with van der Waals surface area (Å²) in [6.45, 7) is 2.02. The summed E-state index contributed by atoms with van der Waals surface area (Å²) in [6.07, 6.45) is 5.29. The van der Waals surface area contributed by atoms with Gasteiger partial charge < -0.3 is 10.3 Å². The molecule has 2 N–H and O–H groups in total. The summed E-state index contributed by atoms with van der Waals surface area (Å²) in [6, 6.07) is 32.8. The first-order valence-electron chi connectivity index (χ1n) is 13.4. The third-order valence-corrected chi connectivity index (χ3v) is 7.70. The number of rotatable bonds is 9. The first-order chi connectivity index (χ1) is 20.5. The van der Waals surface area contributed by atoms with Crippen LogP contribution >= 0.6 is 11.8 Å². The monoisotopic (exact) mass is 569 g/mol. The molecule has 0 aliphatic heterocycles. The number of nitrogens with one attached hydrogen (secondary N) is 2. The first-order valence-corrected chi connectivity index (χ1v) is 14.4. The predicted octanol–water partition coefficient (Wildman–Crippen LogP) is 7.35. The Morgan fingerprint density at radius 2 is 1.62 bits per heavy atom. The Morgan fingerprint density at radius 3 is 2.40 bits per heavy atom. The van der Waals surface area contributed by atoms with E-state index in [1.165, 1.54) is 17.3 Å². The van der Waals surface area contributed by atoms with Crippen LogP contribution in [0.15, 0.2) is 121 Å². The summed E-state index contributed by atoms with van der Waals surface area (Å²) in [5.74, 6) is 0.543. The van der Waals surface area contributed by atoms with Crippen LogP contribution in [0.2, 0.25) is 0 Å². The van der Waals surface area contributed by atoms with Gasteiger partial charge in [-0.2, -0.15) is 0 Å². The van der Waals surface area contributed by atoms with Gasteiger partial charge in [0.15, 0.2) is 16.8 Å². The average molecular weight is 570 g/mol. The number of aromatic nitrogens is 4. The average Bonchev–Trinajstić information content (AvgIpc) is 3.64. The molecule has 0 saturated carbocycles. The fourth-order valence-electron chi connectivity index (χ4n) is 4.59. The Bertz CT molecular complexity index is 1890. The molecule has 6 aromatic rings. The molecule has 2 aromatic heterocycles. The van der Waals surface area contributed by atoms with E-state index in [2.05, 4.69) is 20.5 Å². The zero-order valence-electron chi connectivity index (χ0n) is 22.8. The lowest BCUT2D eigenvalue weighted by Crippen LogP contribution is -2.14. The minimum Gasteiger partial charge on any atom is -0.360 e. The van der Waals surface area contributed by atoms with Crippen LogP contribution in [0.4, 0.5) is 5.69 Å². The number of amides is 1. The number of hydrogen-bond donors (Lipinski definition) is 2. The number of H-pyrrole nitrogens is 1. The van der Waals surface area contributed by atoms with Crippen molar-refractivity contribution in [2.24, 2.45) is 0 Å². The van der Waals surface area contributed by atoms with Crippen LogP contribution in [0.3, 0.4) is 0 Å². The van der Waals surface area contributed by atoms with Gasteiger partial charge in [-0.3, -0.25) is 14.2 Å². The molecule has 0 unspecified atom stereocenters. The van der Waals surface area contributed by atoms with Crippen molar-refractivity contribution < 1.29 is 9.59 Å². The van der Waals surface area contributed by atoms with E-state index in [0.29, 0.717) is 22.2 Å². The molecule has 0 fully saturated rings. The summed E-state index contributed by atoms with van der Waals surface area (Å²) in [4.78, 5) is 28.8. The summed E-state index contributed by atoms with van der Waals surface area (Å²) >= 11 is 1.31. The van der Waals surface area contributed by atoms with Gasteiger partial charge in [0.2, 0.25) is 5.91 Å². The van der Waals surface area contributed by atoms with Crippen molar-refractivity contribution in [2.45, 2.75) is 12.1 Å². The molecule has 2 heterocycles. The van der Waals surface area contributed by atoms with Crippen LogP contribution in [-0.2, 0) is 4.79 Å². The number of fused-ring (bicyclic) bond motifs is 1. The number of ketones is 1. The van der Waals surface area contributed by atoms with Crippen LogP contribution in [0.1, 0.15) is 21.5 Å². The van der Waals surface area contributed by atoms with E-state index in [9.17, 15) is 9.59 Å². The SMILES string of the molecule is Cc1ccc(/C=C/C(=O)c2ccc(NC(=O)CSc3nnc(-c4c[nH]c5ccccc45)n3-c3ccccc3)cc2)cc1. The lowest BCUT2D eigenvalue weighted by atomic mass is 10.1. The Hall–Kier alpha value is -5.21. The fourth-order valence-corrected chi connectivity index (χ4v) is 5.35. The Kier molecular flexibility index (Phi) is 7.79. The molecular formula is C34H27N5O2S. The highest BCUT2D eigenvalue weighted by atomic mass is 32.2. The third kappa shape index (κ3) is 5.94. The first kappa shape index (κ1) is 27.0. The number of aromatic amines is 1. The van der Waals surface area contributed by atoms with Crippen LogP contribution in [0, 0.1) is 6.92 Å². The number of para-hydroxylation sites is 2. The van der Waals surface area contributed by atoms with E-state index in [0.717, 1.165) is 27.7 Å². The number of nitrogens with zero attached hydrogens (tertiary/aromatic N) is 3. The van der Waals surface area contributed by atoms with E-state index in [-0.39, 0.29) is 17.4 Å². The van der Waals surface area contributed by atoms with Crippen molar-refractivity contribution in [1.29, 1.82) is 0 Å². The highest BCUT2D eigenvalue weighted by molar-refractivity contribution is 7.99. The number of anilines is 1. The molecule has 0 aliphatic carbocycles. The van der Waals surface area contributed by atoms with Crippen LogP contribution in [0.5, 0.6) is 0 Å². The van der Waals surface area contributed by atoms with Gasteiger partial charge in [-0.25, -0.2) is 0 Å². The zero-order chi connectivity index (χ0) is 28.9. The number of thioether (sulfide) groups is 1. The maximum Gasteiger partial charge on any atom is 0.234 e. The second-order valence-electron chi connectivity index (χ2n) is 9.75. The van der Waals surface area contributed by atoms with Gasteiger partial charge in [0.1, 0.15) is 0 Å². The topological polar surface area (TPSA) is 92.7 Å². The van der Waals surface area contributed by atoms with Crippen molar-refractivity contribution in [3.05, 3.63) is 132 Å². The summed E-state index contributed by atoms with van der Waals surface area (Å²) in [5, 5.41) is 13.5. The third-order valence-electron chi connectivity index (χ3n) is 6.77. The van der Waals surface area contributed by atoms with Crippen molar-refractivity contribution in [3.63, 3.8) is 0 Å². The Morgan fingerprint density at radius 1 is 0.881 bits per heavy atom. The highest BCUT2D eigenvalue weighted by Gasteiger charge is 2.19. The number of carbonyl (C=O) groups is 2. The molecule has 1 amide bonds. The molecule has 0 saturated heterocycles. The standard InChI is InChI=1S/C34H27N5O2S/c1-23-11-13-24(14-12-23)15-20-31(40)25-16-18-26(19-17-25)36-32(41)22-42-34-38-37-33(39(34)27-7-3-2-4-8-27)29-21-35-30-10-6-5-9-28(29)30/h2-21,35H,22H2,1H3,(H,36,41)/b20-15+. The molecule has 4 aromatic carbocycles. The van der Waals surface area contributed by atoms with Gasteiger partial charge >= 0.3 is 0 Å². The highest BCUT2D eigenvalue weighted by Crippen LogP contribution is 2.32. The van der Waals surface area contributed by atoms with Crippen LogP contribution < -0.4 is 5.32 Å². The summed E-state index contributed by atoms with van der Waals surface area (Å²) in [7, 11) is 0. The van der Waals surface area contributed by atoms with Gasteiger partial charge in [-0.15, -0.1) is 10.2 Å². The Labute approximate surface area is 247 Å². The van der Waals surface area contributed by atoms with Crippen molar-refractivity contribution in [1.82, 2.24) is 19.7 Å². The maximum absolute atomic E-state index is 12.9. The molecular weight excluding hydrogens is 542 g/mol. The van der Waals surface area contributed by atoms with Crippen molar-refractivity contribution in [3.8, 4) is 17.1 Å². The minimum atomic E-state index is -0.186. The smallest absolute Gasteiger partial charge is 0.234 e. The van der Waals surface area contributed by atoms with Gasteiger partial charge in [-0.05, 0) is 61.0 Å². The van der Waals surface area contributed by atoms with E-state index >= 15 is 0 Å². The summed E-state index contributed by atoms with van der Waals surface area (Å²) in [5.41, 5.74) is 6.15. The molecule has 8 heteroatoms. The predicted molar refractivity (Wildman–Crippen MR) is 169 cm³/mol. The van der Waals surface area contributed by atoms with E-state index in [4.69, 9.17) is 0 Å². The molecule has 42 heavy (non-hydrogen) atoms. The molecule has 0 radical (unpaired) electrons. The number of allylic oxidation sites excluding steroid dienone is 1.